The van der Waals surface area contributed by atoms with Gasteiger partial charge in [-0.1, -0.05) is 30.3 Å². The summed E-state index contributed by atoms with van der Waals surface area (Å²) in [4.78, 5) is 25.7. The van der Waals surface area contributed by atoms with Crippen LogP contribution in [0.2, 0.25) is 0 Å². The first-order valence-electron chi connectivity index (χ1n) is 6.99. The summed E-state index contributed by atoms with van der Waals surface area (Å²) in [6.07, 6.45) is 2.26. The minimum absolute atomic E-state index is 0.0474. The highest BCUT2D eigenvalue weighted by atomic mass is 16.6. The van der Waals surface area contributed by atoms with Crippen LogP contribution in [0.1, 0.15) is 24.8 Å². The Morgan fingerprint density at radius 1 is 1.30 bits per heavy atom. The number of amides is 2. The summed E-state index contributed by atoms with van der Waals surface area (Å²) in [5.74, 6) is -0.0474. The fraction of sp³-hybridized carbons (Fsp3) is 0.467. The molecule has 2 saturated heterocycles. The Balaban J connectivity index is 1.65. The maximum atomic E-state index is 12.2. The first-order valence-corrected chi connectivity index (χ1v) is 6.99. The van der Waals surface area contributed by atoms with Crippen molar-refractivity contribution >= 4 is 12.0 Å². The predicted molar refractivity (Wildman–Crippen MR) is 72.9 cm³/mol. The minimum Gasteiger partial charge on any atom is -0.445 e. The van der Waals surface area contributed by atoms with Gasteiger partial charge in [-0.2, -0.15) is 0 Å². The molecule has 5 heteroatoms. The van der Waals surface area contributed by atoms with Crippen LogP contribution >= 0.6 is 0 Å². The lowest BCUT2D eigenvalue weighted by atomic mass is 9.81. The van der Waals surface area contributed by atoms with Gasteiger partial charge in [-0.25, -0.2) is 4.79 Å². The van der Waals surface area contributed by atoms with Crippen molar-refractivity contribution in [3.8, 4) is 0 Å². The van der Waals surface area contributed by atoms with Gasteiger partial charge in [-0.05, 0) is 24.8 Å². The smallest absolute Gasteiger partial charge is 0.411 e. The predicted octanol–water partition coefficient (Wildman–Crippen LogP) is 1.68. The van der Waals surface area contributed by atoms with E-state index in [0.29, 0.717) is 13.1 Å². The standard InChI is InChI=1S/C15H18N2O3/c18-13-15(11-16-13)8-4-5-9-17(15)14(19)20-10-12-6-2-1-3-7-12/h1-3,6-7H,4-5,8-11H2,(H,16,18). The van der Waals surface area contributed by atoms with Crippen molar-refractivity contribution in [3.05, 3.63) is 35.9 Å². The van der Waals surface area contributed by atoms with Crippen LogP contribution < -0.4 is 5.32 Å². The van der Waals surface area contributed by atoms with Gasteiger partial charge in [0.1, 0.15) is 12.1 Å². The summed E-state index contributed by atoms with van der Waals surface area (Å²) in [6, 6.07) is 9.56. The quantitative estimate of drug-likeness (QED) is 0.835. The minimum atomic E-state index is -0.647. The molecule has 2 heterocycles. The lowest BCUT2D eigenvalue weighted by Crippen LogP contribution is -2.75. The second kappa shape index (κ2) is 5.15. The SMILES string of the molecule is O=C(OCc1ccccc1)N1CCCCC12CNC2=O. The normalized spacial score (nSPS) is 25.0. The Morgan fingerprint density at radius 2 is 2.10 bits per heavy atom. The Bertz CT molecular complexity index is 517. The van der Waals surface area contributed by atoms with Crippen LogP contribution in [0.4, 0.5) is 4.79 Å². The molecule has 0 aromatic heterocycles. The Hall–Kier alpha value is -2.04. The first kappa shape index (κ1) is 13.0. The zero-order valence-corrected chi connectivity index (χ0v) is 11.3. The number of rotatable bonds is 2. The van der Waals surface area contributed by atoms with Crippen LogP contribution in [-0.2, 0) is 16.1 Å². The van der Waals surface area contributed by atoms with E-state index in [1.165, 1.54) is 0 Å². The van der Waals surface area contributed by atoms with Crippen molar-refractivity contribution in [1.82, 2.24) is 10.2 Å². The average Bonchev–Trinajstić information content (AvgIpc) is 2.52. The molecule has 1 unspecified atom stereocenters. The molecular weight excluding hydrogens is 256 g/mol. The van der Waals surface area contributed by atoms with Crippen LogP contribution in [-0.4, -0.2) is 35.5 Å². The molecular formula is C15H18N2O3. The molecule has 2 amide bonds. The molecule has 2 aliphatic heterocycles. The number of hydrogen-bond donors (Lipinski definition) is 1. The number of likely N-dealkylation sites (tertiary alicyclic amines) is 1. The molecule has 2 aliphatic rings. The lowest BCUT2D eigenvalue weighted by molar-refractivity contribution is -0.145. The molecule has 1 N–H and O–H groups in total. The molecule has 1 aromatic carbocycles. The van der Waals surface area contributed by atoms with Gasteiger partial charge in [0.25, 0.3) is 0 Å². The number of carbonyl (C=O) groups is 2. The van der Waals surface area contributed by atoms with Gasteiger partial charge in [0.15, 0.2) is 0 Å². The molecule has 1 atom stereocenters. The highest BCUT2D eigenvalue weighted by Crippen LogP contribution is 2.33. The van der Waals surface area contributed by atoms with Gasteiger partial charge < -0.3 is 10.1 Å². The van der Waals surface area contributed by atoms with E-state index in [-0.39, 0.29) is 18.6 Å². The van der Waals surface area contributed by atoms with Crippen LogP contribution in [0.5, 0.6) is 0 Å². The third-order valence-electron chi connectivity index (χ3n) is 4.13. The molecule has 1 spiro atoms. The second-order valence-corrected chi connectivity index (χ2v) is 5.36. The van der Waals surface area contributed by atoms with Gasteiger partial charge in [0.05, 0.1) is 6.54 Å². The zero-order valence-electron chi connectivity index (χ0n) is 11.3. The van der Waals surface area contributed by atoms with Crippen molar-refractivity contribution in [2.45, 2.75) is 31.4 Å². The number of nitrogens with zero attached hydrogens (tertiary/aromatic N) is 1. The van der Waals surface area contributed by atoms with Gasteiger partial charge in [-0.15, -0.1) is 0 Å². The number of piperidine rings is 1. The number of benzene rings is 1. The molecule has 2 fully saturated rings. The number of nitrogens with one attached hydrogen (secondary N) is 1. The lowest BCUT2D eigenvalue weighted by Gasteiger charge is -2.50. The van der Waals surface area contributed by atoms with E-state index in [1.807, 2.05) is 30.3 Å². The first-order chi connectivity index (χ1) is 9.72. The maximum absolute atomic E-state index is 12.2. The molecule has 20 heavy (non-hydrogen) atoms. The van der Waals surface area contributed by atoms with E-state index < -0.39 is 5.54 Å². The van der Waals surface area contributed by atoms with E-state index in [0.717, 1.165) is 24.8 Å². The van der Waals surface area contributed by atoms with Crippen molar-refractivity contribution in [2.24, 2.45) is 0 Å². The van der Waals surface area contributed by atoms with Crippen LogP contribution in [0, 0.1) is 0 Å². The monoisotopic (exact) mass is 274 g/mol. The molecule has 0 saturated carbocycles. The van der Waals surface area contributed by atoms with E-state index in [1.54, 1.807) is 4.90 Å². The maximum Gasteiger partial charge on any atom is 0.411 e. The van der Waals surface area contributed by atoms with E-state index in [2.05, 4.69) is 5.32 Å². The van der Waals surface area contributed by atoms with Gasteiger partial charge in [0, 0.05) is 6.54 Å². The van der Waals surface area contributed by atoms with Gasteiger partial charge >= 0.3 is 6.09 Å². The summed E-state index contributed by atoms with van der Waals surface area (Å²) in [5, 5.41) is 2.74. The van der Waals surface area contributed by atoms with Gasteiger partial charge in [-0.3, -0.25) is 9.69 Å². The molecule has 0 radical (unpaired) electrons. The van der Waals surface area contributed by atoms with Crippen LogP contribution in [0.3, 0.4) is 0 Å². The van der Waals surface area contributed by atoms with Crippen LogP contribution in [0.15, 0.2) is 30.3 Å². The van der Waals surface area contributed by atoms with Gasteiger partial charge in [0.2, 0.25) is 5.91 Å². The molecule has 0 aliphatic carbocycles. The summed E-state index contributed by atoms with van der Waals surface area (Å²) in [6.45, 7) is 1.39. The summed E-state index contributed by atoms with van der Waals surface area (Å²) < 4.78 is 5.35. The van der Waals surface area contributed by atoms with E-state index >= 15 is 0 Å². The highest BCUT2D eigenvalue weighted by Gasteiger charge is 2.54. The molecule has 1 aromatic rings. The van der Waals surface area contributed by atoms with Crippen molar-refractivity contribution < 1.29 is 14.3 Å². The number of carbonyl (C=O) groups excluding carboxylic acids is 2. The summed E-state index contributed by atoms with van der Waals surface area (Å²) >= 11 is 0. The van der Waals surface area contributed by atoms with Crippen LogP contribution in [0.25, 0.3) is 0 Å². The fourth-order valence-corrected chi connectivity index (χ4v) is 2.88. The molecule has 3 rings (SSSR count). The Morgan fingerprint density at radius 3 is 2.75 bits per heavy atom. The highest BCUT2D eigenvalue weighted by molar-refractivity contribution is 5.95. The summed E-state index contributed by atoms with van der Waals surface area (Å²) in [5.41, 5.74) is 0.302. The van der Waals surface area contributed by atoms with Crippen molar-refractivity contribution in [3.63, 3.8) is 0 Å². The topological polar surface area (TPSA) is 58.6 Å². The zero-order chi connectivity index (χ0) is 14.0. The largest absolute Gasteiger partial charge is 0.445 e. The molecule has 5 nitrogen and oxygen atoms in total. The number of β-lactam (4-membered cyclic amide) rings is 1. The van der Waals surface area contributed by atoms with Crippen molar-refractivity contribution in [2.75, 3.05) is 13.1 Å². The van der Waals surface area contributed by atoms with E-state index in [9.17, 15) is 9.59 Å². The second-order valence-electron chi connectivity index (χ2n) is 5.36. The third kappa shape index (κ3) is 2.13. The number of hydrogen-bond acceptors (Lipinski definition) is 3. The summed E-state index contributed by atoms with van der Waals surface area (Å²) in [7, 11) is 0. The third-order valence-corrected chi connectivity index (χ3v) is 4.13. The van der Waals surface area contributed by atoms with E-state index in [4.69, 9.17) is 4.74 Å². The molecule has 0 bridgehead atoms. The number of ether oxygens (including phenoxy) is 1. The molecule has 106 valence electrons. The average molecular weight is 274 g/mol. The fourth-order valence-electron chi connectivity index (χ4n) is 2.88. The van der Waals surface area contributed by atoms with Crippen molar-refractivity contribution in [1.29, 1.82) is 0 Å². The Kier molecular flexibility index (Phi) is 3.34. The Labute approximate surface area is 117 Å².